The van der Waals surface area contributed by atoms with E-state index < -0.39 is 34.3 Å². The third kappa shape index (κ3) is 5.51. The standard InChI is InChI=1S/C57H33N5O6S/c63-49-48(50(64)52(66)53(67)51(49)65)57-59-55(58-56(60-57)37-16-9-15-35-34-13-4-8-22-46(34)69-54(35)37)29-23-25-33-38-28-30(24-26-44(38)68-45(33)27-29)61-41-19-7-3-14-36(41)47-42(61)20-10-21-43(47)62-39-17-5-1-11-31(39)32-12-2-6-18-40(32)62/h1-28,63-67H. The SMILES string of the molecule is Oc1c(O)c(O)c(-c2nc(-c3ccc4c(c3)oc3ccc(-n5c6ccccc6c6c(-n7c8ccccc8c8ccccc87)cccc65)cc34)nc(-c3cccc4c3sc3ccccc34)n2)c(O)c1O. The number of phenols is 5. The number of phenolic OH excluding ortho intramolecular Hbond substituents is 5. The number of rotatable bonds is 5. The van der Waals surface area contributed by atoms with E-state index in [-0.39, 0.29) is 17.5 Å². The average Bonchev–Trinajstić information content (AvgIpc) is 4.15. The van der Waals surface area contributed by atoms with Crippen molar-refractivity contribution in [1.82, 2.24) is 24.1 Å². The monoisotopic (exact) mass is 915 g/mol. The van der Waals surface area contributed by atoms with Crippen LogP contribution in [0.25, 0.3) is 131 Å². The molecule has 0 aliphatic carbocycles. The van der Waals surface area contributed by atoms with Crippen molar-refractivity contribution in [1.29, 1.82) is 0 Å². The maximum atomic E-state index is 11.1. The highest BCUT2D eigenvalue weighted by Gasteiger charge is 2.28. The number of thiophene rings is 1. The molecule has 0 spiro atoms. The predicted molar refractivity (Wildman–Crippen MR) is 273 cm³/mol. The van der Waals surface area contributed by atoms with Gasteiger partial charge in [-0.15, -0.1) is 11.3 Å². The molecule has 0 bridgehead atoms. The molecule has 0 saturated carbocycles. The predicted octanol–water partition coefficient (Wildman–Crippen LogP) is 13.9. The van der Waals surface area contributed by atoms with Crippen LogP contribution in [0.3, 0.4) is 0 Å². The Kier molecular flexibility index (Phi) is 8.05. The van der Waals surface area contributed by atoms with Crippen molar-refractivity contribution < 1.29 is 29.9 Å². The minimum absolute atomic E-state index is 0.159. The first-order valence-electron chi connectivity index (χ1n) is 22.1. The molecule has 14 aromatic rings. The summed E-state index contributed by atoms with van der Waals surface area (Å²) in [4.78, 5) is 14.4. The van der Waals surface area contributed by atoms with E-state index in [2.05, 4.69) is 118 Å². The molecule has 0 unspecified atom stereocenters. The second kappa shape index (κ2) is 14.3. The van der Waals surface area contributed by atoms with E-state index in [0.717, 1.165) is 75.2 Å². The molecule has 0 fully saturated rings. The molecule has 0 radical (unpaired) electrons. The molecule has 0 saturated heterocycles. The third-order valence-electron chi connectivity index (χ3n) is 13.3. The van der Waals surface area contributed by atoms with E-state index >= 15 is 0 Å². The number of hydrogen-bond acceptors (Lipinski definition) is 10. The lowest BCUT2D eigenvalue weighted by Crippen LogP contribution is -2.01. The van der Waals surface area contributed by atoms with Gasteiger partial charge in [-0.05, 0) is 72.8 Å². The highest BCUT2D eigenvalue weighted by Crippen LogP contribution is 2.54. The van der Waals surface area contributed by atoms with Gasteiger partial charge in [0.15, 0.2) is 29.0 Å². The average molecular weight is 916 g/mol. The van der Waals surface area contributed by atoms with Crippen molar-refractivity contribution in [2.75, 3.05) is 0 Å². The van der Waals surface area contributed by atoms with E-state index in [0.29, 0.717) is 22.3 Å². The van der Waals surface area contributed by atoms with Crippen LogP contribution in [0.2, 0.25) is 0 Å². The van der Waals surface area contributed by atoms with Crippen LogP contribution in [0, 0.1) is 0 Å². The van der Waals surface area contributed by atoms with Crippen LogP contribution in [0.15, 0.2) is 174 Å². The molecule has 12 heteroatoms. The summed E-state index contributed by atoms with van der Waals surface area (Å²) < 4.78 is 13.2. The molecule has 5 N–H and O–H groups in total. The number of benzene rings is 9. The van der Waals surface area contributed by atoms with Gasteiger partial charge < -0.3 is 39.1 Å². The molecule has 5 heterocycles. The van der Waals surface area contributed by atoms with Gasteiger partial charge in [-0.2, -0.15) is 0 Å². The number of aromatic hydroxyl groups is 5. The number of nitrogens with zero attached hydrogens (tertiary/aromatic N) is 5. The minimum atomic E-state index is -1.08. The number of aromatic nitrogens is 5. The second-order valence-corrected chi connectivity index (χ2v) is 18.1. The molecular formula is C57H33N5O6S. The van der Waals surface area contributed by atoms with E-state index in [4.69, 9.17) is 19.4 Å². The quantitative estimate of drug-likeness (QED) is 0.0835. The van der Waals surface area contributed by atoms with E-state index in [1.807, 2.05) is 60.7 Å². The van der Waals surface area contributed by atoms with Crippen molar-refractivity contribution in [3.8, 4) is 74.3 Å². The van der Waals surface area contributed by atoms with Gasteiger partial charge >= 0.3 is 0 Å². The van der Waals surface area contributed by atoms with Crippen LogP contribution in [0.5, 0.6) is 28.7 Å². The highest BCUT2D eigenvalue weighted by molar-refractivity contribution is 7.26. The zero-order valence-corrected chi connectivity index (χ0v) is 36.8. The van der Waals surface area contributed by atoms with Gasteiger partial charge in [-0.3, -0.25) is 0 Å². The van der Waals surface area contributed by atoms with Crippen molar-refractivity contribution in [2.24, 2.45) is 0 Å². The topological polar surface area (TPSA) is 163 Å². The summed E-state index contributed by atoms with van der Waals surface area (Å²) in [5, 5.41) is 62.1. The van der Waals surface area contributed by atoms with E-state index in [1.165, 1.54) is 10.8 Å². The first-order valence-corrected chi connectivity index (χ1v) is 23.0. The van der Waals surface area contributed by atoms with E-state index in [1.54, 1.807) is 11.3 Å². The molecule has 0 atom stereocenters. The van der Waals surface area contributed by atoms with Gasteiger partial charge in [0.05, 0.1) is 27.8 Å². The lowest BCUT2D eigenvalue weighted by atomic mass is 10.1. The fraction of sp³-hybridized carbons (Fsp3) is 0. The Balaban J connectivity index is 0.943. The van der Waals surface area contributed by atoms with Gasteiger partial charge in [-0.1, -0.05) is 97.1 Å². The van der Waals surface area contributed by atoms with Crippen LogP contribution < -0.4 is 0 Å². The summed E-state index contributed by atoms with van der Waals surface area (Å²) in [7, 11) is 0. The highest BCUT2D eigenvalue weighted by atomic mass is 32.1. The van der Waals surface area contributed by atoms with Gasteiger partial charge in [0.2, 0.25) is 17.2 Å². The van der Waals surface area contributed by atoms with Crippen molar-refractivity contribution >= 4 is 97.1 Å². The van der Waals surface area contributed by atoms with Crippen molar-refractivity contribution in [3.05, 3.63) is 170 Å². The molecule has 11 nitrogen and oxygen atoms in total. The van der Waals surface area contributed by atoms with Gasteiger partial charge in [0.1, 0.15) is 16.7 Å². The number of para-hydroxylation sites is 3. The molecule has 0 aliphatic rings. The Morgan fingerprint density at radius 2 is 1.00 bits per heavy atom. The second-order valence-electron chi connectivity index (χ2n) is 17.1. The fourth-order valence-corrected chi connectivity index (χ4v) is 11.5. The van der Waals surface area contributed by atoms with Crippen LogP contribution in [-0.2, 0) is 0 Å². The molecule has 0 aliphatic heterocycles. The van der Waals surface area contributed by atoms with Crippen LogP contribution >= 0.6 is 11.3 Å². The number of hydrogen-bond donors (Lipinski definition) is 5. The summed E-state index contributed by atoms with van der Waals surface area (Å²) in [6.45, 7) is 0. The van der Waals surface area contributed by atoms with Crippen molar-refractivity contribution in [3.63, 3.8) is 0 Å². The normalized spacial score (nSPS) is 12.1. The smallest absolute Gasteiger partial charge is 0.208 e. The Bertz CT molecular complexity index is 4440. The number of furan rings is 1. The molecule has 0 amide bonds. The zero-order chi connectivity index (χ0) is 46.2. The molecule has 9 aromatic carbocycles. The fourth-order valence-electron chi connectivity index (χ4n) is 10.2. The Morgan fingerprint density at radius 3 is 1.75 bits per heavy atom. The molecular weight excluding hydrogens is 883 g/mol. The summed E-state index contributed by atoms with van der Waals surface area (Å²) in [6, 6.07) is 57.9. The summed E-state index contributed by atoms with van der Waals surface area (Å²) in [5.41, 5.74) is 8.41. The molecule has 14 rings (SSSR count). The molecule has 5 aromatic heterocycles. The lowest BCUT2D eigenvalue weighted by Gasteiger charge is -2.13. The summed E-state index contributed by atoms with van der Waals surface area (Å²) in [6.07, 6.45) is 0. The summed E-state index contributed by atoms with van der Waals surface area (Å²) in [5.74, 6) is -4.88. The minimum Gasteiger partial charge on any atom is -0.504 e. The Labute approximate surface area is 393 Å². The lowest BCUT2D eigenvalue weighted by molar-refractivity contribution is 0.329. The Hall–Kier alpha value is -9.39. The van der Waals surface area contributed by atoms with Gasteiger partial charge in [0, 0.05) is 69.3 Å². The third-order valence-corrected chi connectivity index (χ3v) is 14.6. The maximum absolute atomic E-state index is 11.1. The van der Waals surface area contributed by atoms with Crippen LogP contribution in [0.4, 0.5) is 0 Å². The molecule has 328 valence electrons. The van der Waals surface area contributed by atoms with Crippen molar-refractivity contribution in [2.45, 2.75) is 0 Å². The van der Waals surface area contributed by atoms with Crippen LogP contribution in [0.1, 0.15) is 0 Å². The van der Waals surface area contributed by atoms with E-state index in [9.17, 15) is 25.5 Å². The zero-order valence-electron chi connectivity index (χ0n) is 36.0. The van der Waals surface area contributed by atoms with Crippen LogP contribution in [-0.4, -0.2) is 49.6 Å². The first kappa shape index (κ1) is 38.8. The Morgan fingerprint density at radius 1 is 0.406 bits per heavy atom. The number of fused-ring (bicyclic) bond motifs is 12. The van der Waals surface area contributed by atoms with Gasteiger partial charge in [-0.25, -0.2) is 15.0 Å². The van der Waals surface area contributed by atoms with Gasteiger partial charge in [0.25, 0.3) is 0 Å². The maximum Gasteiger partial charge on any atom is 0.208 e. The largest absolute Gasteiger partial charge is 0.504 e. The first-order chi connectivity index (χ1) is 33.8. The summed E-state index contributed by atoms with van der Waals surface area (Å²) >= 11 is 1.58. The molecule has 69 heavy (non-hydrogen) atoms.